The Labute approximate surface area is 159 Å². The molecule has 0 fully saturated rings. The third-order valence-corrected chi connectivity index (χ3v) is 3.94. The van der Waals surface area contributed by atoms with Crippen LogP contribution in [0.25, 0.3) is 17.5 Å². The van der Waals surface area contributed by atoms with Gasteiger partial charge in [0.15, 0.2) is 5.82 Å². The Morgan fingerprint density at radius 3 is 2.70 bits per heavy atom. The van der Waals surface area contributed by atoms with Gasteiger partial charge in [-0.1, -0.05) is 12.1 Å². The molecule has 0 aliphatic carbocycles. The van der Waals surface area contributed by atoms with Gasteiger partial charge in [-0.2, -0.15) is 14.9 Å². The minimum absolute atomic E-state index is 0.0287. The summed E-state index contributed by atoms with van der Waals surface area (Å²) in [5.41, 5.74) is 1.32. The number of ether oxygens (including phenoxy) is 1. The zero-order valence-electron chi connectivity index (χ0n) is 14.3. The number of allylic oxidation sites excluding steroid dienone is 1. The molecular weight excluding hydrogens is 366 g/mol. The summed E-state index contributed by atoms with van der Waals surface area (Å²) in [5, 5.41) is 22.2. The van der Waals surface area contributed by atoms with Crippen LogP contribution in [-0.2, 0) is 0 Å². The third kappa shape index (κ3) is 4.15. The van der Waals surface area contributed by atoms with E-state index >= 15 is 0 Å². The van der Waals surface area contributed by atoms with Crippen molar-refractivity contribution in [3.05, 3.63) is 75.1 Å². The van der Waals surface area contributed by atoms with Crippen molar-refractivity contribution >= 4 is 30.2 Å². The fourth-order valence-electron chi connectivity index (χ4n) is 2.37. The van der Waals surface area contributed by atoms with E-state index in [0.717, 1.165) is 11.3 Å². The number of rotatable bonds is 6. The first kappa shape index (κ1) is 18.2. The fraction of sp³-hybridized carbons (Fsp3) is 0.0556. The van der Waals surface area contributed by atoms with Gasteiger partial charge in [-0.3, -0.25) is 10.1 Å². The van der Waals surface area contributed by atoms with E-state index in [0.29, 0.717) is 16.2 Å². The highest BCUT2D eigenvalue weighted by molar-refractivity contribution is 7.71. The average Bonchev–Trinajstić information content (AvgIpc) is 3.06. The second-order valence-electron chi connectivity index (χ2n) is 5.33. The number of nitrogens with zero attached hydrogens (tertiary/aromatic N) is 4. The minimum Gasteiger partial charge on any atom is -0.497 e. The molecule has 0 bridgehead atoms. The topological polar surface area (TPSA) is 98.3 Å². The highest BCUT2D eigenvalue weighted by atomic mass is 32.1. The lowest BCUT2D eigenvalue weighted by Crippen LogP contribution is -1.94. The van der Waals surface area contributed by atoms with Gasteiger partial charge in [-0.25, -0.2) is 5.10 Å². The van der Waals surface area contributed by atoms with E-state index in [1.165, 1.54) is 17.0 Å². The maximum atomic E-state index is 11.0. The third-order valence-electron chi connectivity index (χ3n) is 3.68. The van der Waals surface area contributed by atoms with Crippen molar-refractivity contribution in [3.63, 3.8) is 0 Å². The van der Waals surface area contributed by atoms with Crippen molar-refractivity contribution < 1.29 is 9.66 Å². The standard InChI is InChI=1S/C18H15N5O3S/c1-26-15-10-8-14(9-11-15)17-20-21-18(27)22(17)19-12-4-6-13-5-2-3-7-16(13)23(24)25/h2-12H,1H3,(H,21,27)/b6-4-,19-12+. The number of hydrogen-bond donors (Lipinski definition) is 1. The van der Waals surface area contributed by atoms with Crippen molar-refractivity contribution in [1.82, 2.24) is 14.9 Å². The molecule has 0 saturated heterocycles. The monoisotopic (exact) mass is 381 g/mol. The van der Waals surface area contributed by atoms with E-state index in [2.05, 4.69) is 15.3 Å². The van der Waals surface area contributed by atoms with Crippen LogP contribution in [0, 0.1) is 14.9 Å². The summed E-state index contributed by atoms with van der Waals surface area (Å²) in [5.74, 6) is 1.27. The Morgan fingerprint density at radius 1 is 1.26 bits per heavy atom. The highest BCUT2D eigenvalue weighted by Crippen LogP contribution is 2.21. The van der Waals surface area contributed by atoms with E-state index in [4.69, 9.17) is 17.0 Å². The van der Waals surface area contributed by atoms with Gasteiger partial charge in [0.1, 0.15) is 5.75 Å². The Bertz CT molecular complexity index is 1070. The molecule has 9 heteroatoms. The molecule has 0 unspecified atom stereocenters. The first-order chi connectivity index (χ1) is 13.1. The van der Waals surface area contributed by atoms with Crippen LogP contribution in [0.1, 0.15) is 5.56 Å². The molecule has 136 valence electrons. The molecule has 1 heterocycles. The van der Waals surface area contributed by atoms with Crippen molar-refractivity contribution in [2.45, 2.75) is 0 Å². The average molecular weight is 381 g/mol. The maximum absolute atomic E-state index is 11.0. The SMILES string of the molecule is COc1ccc(-c2n[nH]c(=S)n2/N=C/C=C\c2ccccc2[N+](=O)[O-])cc1. The number of methoxy groups -OCH3 is 1. The van der Waals surface area contributed by atoms with Crippen molar-refractivity contribution in [3.8, 4) is 17.1 Å². The molecule has 0 aliphatic rings. The lowest BCUT2D eigenvalue weighted by atomic mass is 10.2. The molecule has 0 saturated carbocycles. The molecule has 27 heavy (non-hydrogen) atoms. The second kappa shape index (κ2) is 8.19. The van der Waals surface area contributed by atoms with E-state index in [1.807, 2.05) is 24.3 Å². The summed E-state index contributed by atoms with van der Waals surface area (Å²) in [6, 6.07) is 13.8. The molecule has 0 radical (unpaired) electrons. The Morgan fingerprint density at radius 2 is 2.00 bits per heavy atom. The van der Waals surface area contributed by atoms with Crippen LogP contribution in [0.15, 0.2) is 59.7 Å². The van der Waals surface area contributed by atoms with Gasteiger partial charge in [-0.05, 0) is 54.7 Å². The van der Waals surface area contributed by atoms with Crippen LogP contribution in [-0.4, -0.2) is 33.1 Å². The summed E-state index contributed by atoms with van der Waals surface area (Å²) >= 11 is 5.21. The number of aromatic nitrogens is 3. The Balaban J connectivity index is 1.85. The van der Waals surface area contributed by atoms with Crippen LogP contribution in [0.3, 0.4) is 0 Å². The van der Waals surface area contributed by atoms with Crippen LogP contribution in [0.5, 0.6) is 5.75 Å². The zero-order valence-corrected chi connectivity index (χ0v) is 15.1. The van der Waals surface area contributed by atoms with E-state index in [1.54, 1.807) is 37.5 Å². The smallest absolute Gasteiger partial charge is 0.276 e. The lowest BCUT2D eigenvalue weighted by Gasteiger charge is -2.02. The van der Waals surface area contributed by atoms with Crippen molar-refractivity contribution in [2.24, 2.45) is 5.10 Å². The molecule has 0 amide bonds. The van der Waals surface area contributed by atoms with E-state index in [-0.39, 0.29) is 5.69 Å². The van der Waals surface area contributed by atoms with Crippen LogP contribution in [0.4, 0.5) is 5.69 Å². The number of para-hydroxylation sites is 1. The minimum atomic E-state index is -0.426. The number of nitrogens with one attached hydrogen (secondary N) is 1. The van der Waals surface area contributed by atoms with E-state index in [9.17, 15) is 10.1 Å². The first-order valence-corrected chi connectivity index (χ1v) is 8.27. The molecule has 8 nitrogen and oxygen atoms in total. The largest absolute Gasteiger partial charge is 0.497 e. The molecule has 0 atom stereocenters. The number of nitro benzene ring substituents is 1. The zero-order chi connectivity index (χ0) is 19.2. The molecule has 2 aromatic carbocycles. The number of hydrogen-bond acceptors (Lipinski definition) is 6. The number of H-pyrrole nitrogens is 1. The molecule has 3 aromatic rings. The van der Waals surface area contributed by atoms with E-state index < -0.39 is 4.92 Å². The van der Waals surface area contributed by atoms with Crippen LogP contribution < -0.4 is 4.74 Å². The molecule has 0 aliphatic heterocycles. The Hall–Kier alpha value is -3.59. The molecule has 1 N–H and O–H groups in total. The summed E-state index contributed by atoms with van der Waals surface area (Å²) < 4.78 is 6.95. The fourth-order valence-corrected chi connectivity index (χ4v) is 2.55. The van der Waals surface area contributed by atoms with Crippen LogP contribution in [0.2, 0.25) is 0 Å². The first-order valence-electron chi connectivity index (χ1n) is 7.86. The van der Waals surface area contributed by atoms with Gasteiger partial charge in [0.05, 0.1) is 17.6 Å². The predicted octanol–water partition coefficient (Wildman–Crippen LogP) is 4.07. The Kier molecular flexibility index (Phi) is 5.53. The quantitative estimate of drug-likeness (QED) is 0.300. The summed E-state index contributed by atoms with van der Waals surface area (Å²) in [6.45, 7) is 0. The summed E-state index contributed by atoms with van der Waals surface area (Å²) in [7, 11) is 1.60. The van der Waals surface area contributed by atoms with Gasteiger partial charge < -0.3 is 4.74 Å². The van der Waals surface area contributed by atoms with Gasteiger partial charge in [0.2, 0.25) is 4.77 Å². The van der Waals surface area contributed by atoms with Gasteiger partial charge in [0, 0.05) is 17.8 Å². The molecule has 1 aromatic heterocycles. The van der Waals surface area contributed by atoms with Crippen LogP contribution >= 0.6 is 12.2 Å². The number of benzene rings is 2. The van der Waals surface area contributed by atoms with Crippen molar-refractivity contribution in [1.29, 1.82) is 0 Å². The molecule has 3 rings (SSSR count). The van der Waals surface area contributed by atoms with Gasteiger partial charge >= 0.3 is 0 Å². The molecular formula is C18H15N5O3S. The normalized spacial score (nSPS) is 11.3. The number of aromatic amines is 1. The number of nitro groups is 1. The predicted molar refractivity (Wildman–Crippen MR) is 105 cm³/mol. The summed E-state index contributed by atoms with van der Waals surface area (Å²) in [4.78, 5) is 10.6. The second-order valence-corrected chi connectivity index (χ2v) is 5.72. The highest BCUT2D eigenvalue weighted by Gasteiger charge is 2.09. The molecule has 0 spiro atoms. The van der Waals surface area contributed by atoms with Gasteiger partial charge in [0.25, 0.3) is 5.69 Å². The maximum Gasteiger partial charge on any atom is 0.276 e. The van der Waals surface area contributed by atoms with Crippen molar-refractivity contribution in [2.75, 3.05) is 7.11 Å². The lowest BCUT2D eigenvalue weighted by molar-refractivity contribution is -0.385. The summed E-state index contributed by atoms with van der Waals surface area (Å²) in [6.07, 6.45) is 4.71. The van der Waals surface area contributed by atoms with Gasteiger partial charge in [-0.15, -0.1) is 0 Å².